The van der Waals surface area contributed by atoms with Crippen molar-refractivity contribution in [3.63, 3.8) is 0 Å². The van der Waals surface area contributed by atoms with Gasteiger partial charge in [0.25, 0.3) is 5.91 Å². The molecule has 0 bridgehead atoms. The highest BCUT2D eigenvalue weighted by molar-refractivity contribution is 5.94. The lowest BCUT2D eigenvalue weighted by Gasteiger charge is -2.24. The molecule has 1 amide bonds. The predicted molar refractivity (Wildman–Crippen MR) is 116 cm³/mol. The van der Waals surface area contributed by atoms with Crippen molar-refractivity contribution < 1.29 is 9.90 Å². The van der Waals surface area contributed by atoms with Gasteiger partial charge in [0.1, 0.15) is 5.75 Å². The molecule has 1 heterocycles. The van der Waals surface area contributed by atoms with Crippen molar-refractivity contribution in [3.05, 3.63) is 29.8 Å². The molecule has 3 rings (SSSR count). The number of nitrogens with zero attached hydrogens (tertiary/aromatic N) is 2. The number of likely N-dealkylation sites (tertiary alicyclic amines) is 1. The van der Waals surface area contributed by atoms with Crippen LogP contribution in [-0.4, -0.2) is 66.7 Å². The Morgan fingerprint density at radius 2 is 2.07 bits per heavy atom. The van der Waals surface area contributed by atoms with E-state index in [0.29, 0.717) is 24.7 Å². The lowest BCUT2D eigenvalue weighted by atomic mass is 10.2. The molecule has 0 spiro atoms. The summed E-state index contributed by atoms with van der Waals surface area (Å²) in [6.07, 6.45) is 7.40. The SMILES string of the molecule is CCNC(=NCCCNC(=O)c1cccc(O)c1)NC1CCN(C2CCCC2)C1. The van der Waals surface area contributed by atoms with E-state index >= 15 is 0 Å². The Balaban J connectivity index is 1.38. The summed E-state index contributed by atoms with van der Waals surface area (Å²) in [4.78, 5) is 19.4. The second-order valence-electron chi connectivity index (χ2n) is 7.98. The highest BCUT2D eigenvalue weighted by atomic mass is 16.3. The minimum atomic E-state index is -0.173. The number of rotatable bonds is 8. The van der Waals surface area contributed by atoms with Crippen LogP contribution >= 0.6 is 0 Å². The first-order chi connectivity index (χ1) is 14.2. The highest BCUT2D eigenvalue weighted by Gasteiger charge is 2.30. The van der Waals surface area contributed by atoms with Gasteiger partial charge in [0.2, 0.25) is 0 Å². The molecule has 2 aliphatic rings. The average Bonchev–Trinajstić information content (AvgIpc) is 3.39. The van der Waals surface area contributed by atoms with Crippen molar-refractivity contribution in [2.24, 2.45) is 4.99 Å². The van der Waals surface area contributed by atoms with Gasteiger partial charge in [0.15, 0.2) is 5.96 Å². The van der Waals surface area contributed by atoms with Crippen LogP contribution in [0.1, 0.15) is 55.8 Å². The molecule has 1 atom stereocenters. The van der Waals surface area contributed by atoms with Crippen LogP contribution in [0.15, 0.2) is 29.3 Å². The van der Waals surface area contributed by atoms with Crippen LogP contribution in [0.25, 0.3) is 0 Å². The fourth-order valence-electron chi connectivity index (χ4n) is 4.24. The first-order valence-electron chi connectivity index (χ1n) is 11.0. The number of hydrogen-bond donors (Lipinski definition) is 4. The van der Waals surface area contributed by atoms with Crippen LogP contribution in [-0.2, 0) is 0 Å². The first-order valence-corrected chi connectivity index (χ1v) is 11.0. The maximum atomic E-state index is 12.1. The molecule has 1 aromatic carbocycles. The molecule has 160 valence electrons. The highest BCUT2D eigenvalue weighted by Crippen LogP contribution is 2.26. The van der Waals surface area contributed by atoms with Crippen molar-refractivity contribution in [2.75, 3.05) is 32.7 Å². The minimum Gasteiger partial charge on any atom is -0.508 e. The van der Waals surface area contributed by atoms with Crippen molar-refractivity contribution in [1.29, 1.82) is 0 Å². The number of carbonyl (C=O) groups excluding carboxylic acids is 1. The zero-order chi connectivity index (χ0) is 20.5. The molecule has 7 heteroatoms. The van der Waals surface area contributed by atoms with Crippen LogP contribution in [0.2, 0.25) is 0 Å². The van der Waals surface area contributed by atoms with Crippen LogP contribution in [0, 0.1) is 0 Å². The molecule has 1 saturated heterocycles. The van der Waals surface area contributed by atoms with Crippen molar-refractivity contribution in [2.45, 2.75) is 57.5 Å². The number of aliphatic imine (C=N–C) groups is 1. The van der Waals surface area contributed by atoms with Crippen LogP contribution < -0.4 is 16.0 Å². The van der Waals surface area contributed by atoms with Gasteiger partial charge in [-0.3, -0.25) is 14.7 Å². The van der Waals surface area contributed by atoms with E-state index in [1.54, 1.807) is 18.2 Å². The average molecular weight is 402 g/mol. The van der Waals surface area contributed by atoms with E-state index in [2.05, 4.69) is 32.8 Å². The smallest absolute Gasteiger partial charge is 0.251 e. The van der Waals surface area contributed by atoms with Crippen LogP contribution in [0.4, 0.5) is 0 Å². The van der Waals surface area contributed by atoms with Crippen molar-refractivity contribution >= 4 is 11.9 Å². The lowest BCUT2D eigenvalue weighted by molar-refractivity contribution is 0.0953. The van der Waals surface area contributed by atoms with E-state index in [4.69, 9.17) is 0 Å². The van der Waals surface area contributed by atoms with E-state index in [-0.39, 0.29) is 11.7 Å². The van der Waals surface area contributed by atoms with E-state index in [1.165, 1.54) is 44.7 Å². The summed E-state index contributed by atoms with van der Waals surface area (Å²) in [6, 6.07) is 7.63. The number of nitrogens with one attached hydrogen (secondary N) is 3. The van der Waals surface area contributed by atoms with E-state index in [9.17, 15) is 9.90 Å². The summed E-state index contributed by atoms with van der Waals surface area (Å²) in [6.45, 7) is 6.40. The van der Waals surface area contributed by atoms with Gasteiger partial charge in [-0.15, -0.1) is 0 Å². The number of aromatic hydroxyl groups is 1. The molecule has 2 fully saturated rings. The molecule has 1 saturated carbocycles. The van der Waals surface area contributed by atoms with Gasteiger partial charge in [0.05, 0.1) is 0 Å². The van der Waals surface area contributed by atoms with Gasteiger partial charge < -0.3 is 21.1 Å². The third-order valence-electron chi connectivity index (χ3n) is 5.74. The predicted octanol–water partition coefficient (Wildman–Crippen LogP) is 2.08. The molecular weight excluding hydrogens is 366 g/mol. The molecule has 1 unspecified atom stereocenters. The normalized spacial score (nSPS) is 20.7. The van der Waals surface area contributed by atoms with Gasteiger partial charge in [-0.05, 0) is 50.8 Å². The Bertz CT molecular complexity index is 688. The van der Waals surface area contributed by atoms with Crippen LogP contribution in [0.3, 0.4) is 0 Å². The van der Waals surface area contributed by atoms with Crippen LogP contribution in [0.5, 0.6) is 5.75 Å². The number of guanidine groups is 1. The minimum absolute atomic E-state index is 0.0991. The molecule has 1 aliphatic heterocycles. The fourth-order valence-corrected chi connectivity index (χ4v) is 4.24. The molecule has 1 aromatic rings. The van der Waals surface area contributed by atoms with Gasteiger partial charge in [-0.25, -0.2) is 0 Å². The second kappa shape index (κ2) is 11.0. The molecule has 7 nitrogen and oxygen atoms in total. The lowest BCUT2D eigenvalue weighted by Crippen LogP contribution is -2.45. The Labute approximate surface area is 174 Å². The number of amides is 1. The zero-order valence-electron chi connectivity index (χ0n) is 17.5. The number of benzene rings is 1. The summed E-state index contributed by atoms with van der Waals surface area (Å²) in [5, 5.41) is 19.3. The molecular formula is C22H35N5O2. The summed E-state index contributed by atoms with van der Waals surface area (Å²) in [5.41, 5.74) is 0.469. The Hall–Kier alpha value is -2.28. The second-order valence-corrected chi connectivity index (χ2v) is 7.98. The van der Waals surface area contributed by atoms with Gasteiger partial charge in [0, 0.05) is 50.4 Å². The fraction of sp³-hybridized carbons (Fsp3) is 0.636. The Morgan fingerprint density at radius 3 is 2.83 bits per heavy atom. The number of hydrogen-bond acceptors (Lipinski definition) is 4. The summed E-state index contributed by atoms with van der Waals surface area (Å²) >= 11 is 0. The number of phenols is 1. The Kier molecular flexibility index (Phi) is 8.16. The number of phenolic OH excluding ortho intramolecular Hbond substituents is 1. The largest absolute Gasteiger partial charge is 0.508 e. The molecule has 29 heavy (non-hydrogen) atoms. The first kappa shape index (κ1) is 21.4. The quantitative estimate of drug-likeness (QED) is 0.304. The van der Waals surface area contributed by atoms with E-state index in [1.807, 2.05) is 0 Å². The van der Waals surface area contributed by atoms with E-state index < -0.39 is 0 Å². The third kappa shape index (κ3) is 6.63. The Morgan fingerprint density at radius 1 is 1.24 bits per heavy atom. The maximum Gasteiger partial charge on any atom is 0.251 e. The molecule has 0 radical (unpaired) electrons. The van der Waals surface area contributed by atoms with E-state index in [0.717, 1.165) is 31.5 Å². The molecule has 4 N–H and O–H groups in total. The summed E-state index contributed by atoms with van der Waals surface area (Å²) < 4.78 is 0. The maximum absolute atomic E-state index is 12.1. The standard InChI is InChI=1S/C22H35N5O2/c1-2-23-22(26-18-11-14-27(16-18)19-8-3-4-9-19)25-13-6-12-24-21(29)17-7-5-10-20(28)15-17/h5,7,10,15,18-19,28H,2-4,6,8-9,11-14,16H2,1H3,(H,24,29)(H2,23,25,26). The third-order valence-corrected chi connectivity index (χ3v) is 5.74. The monoisotopic (exact) mass is 401 g/mol. The number of carbonyl (C=O) groups is 1. The molecule has 0 aromatic heterocycles. The molecule has 1 aliphatic carbocycles. The van der Waals surface area contributed by atoms with Crippen molar-refractivity contribution in [1.82, 2.24) is 20.9 Å². The van der Waals surface area contributed by atoms with Gasteiger partial charge in [-0.2, -0.15) is 0 Å². The topological polar surface area (TPSA) is 89.0 Å². The van der Waals surface area contributed by atoms with Crippen molar-refractivity contribution in [3.8, 4) is 5.75 Å². The summed E-state index contributed by atoms with van der Waals surface area (Å²) in [7, 11) is 0. The zero-order valence-corrected chi connectivity index (χ0v) is 17.5. The summed E-state index contributed by atoms with van der Waals surface area (Å²) in [5.74, 6) is 0.792. The van der Waals surface area contributed by atoms with Gasteiger partial charge >= 0.3 is 0 Å². The van der Waals surface area contributed by atoms with Gasteiger partial charge in [-0.1, -0.05) is 18.9 Å².